The van der Waals surface area contributed by atoms with Crippen LogP contribution < -0.4 is 0 Å². The highest BCUT2D eigenvalue weighted by Gasteiger charge is 2.29. The second-order valence-electron chi connectivity index (χ2n) is 5.40. The van der Waals surface area contributed by atoms with Gasteiger partial charge in [0.05, 0.1) is 4.91 Å². The molecule has 0 radical (unpaired) electrons. The molecule has 3 nitrogen and oxygen atoms in total. The predicted octanol–water partition coefficient (Wildman–Crippen LogP) is 4.18. The summed E-state index contributed by atoms with van der Waals surface area (Å²) in [6, 6.07) is 7.93. The third kappa shape index (κ3) is 3.33. The zero-order valence-electron chi connectivity index (χ0n) is 11.9. The number of nitrogens with zero attached hydrogens (tertiary/aromatic N) is 2. The zero-order chi connectivity index (χ0) is 14.8. The van der Waals surface area contributed by atoms with Crippen molar-refractivity contribution in [1.29, 1.82) is 0 Å². The van der Waals surface area contributed by atoms with E-state index in [4.69, 9.17) is 11.6 Å². The molecule has 5 heteroatoms. The van der Waals surface area contributed by atoms with Gasteiger partial charge in [0.1, 0.15) is 0 Å². The fourth-order valence-electron chi connectivity index (χ4n) is 2.61. The molecule has 3 rings (SSSR count). The van der Waals surface area contributed by atoms with E-state index in [2.05, 4.69) is 16.8 Å². The molecule has 0 N–H and O–H groups in total. The average Bonchev–Trinajstić information content (AvgIpc) is 2.83. The Morgan fingerprint density at radius 2 is 2.10 bits per heavy atom. The second kappa shape index (κ2) is 6.24. The molecule has 1 fully saturated rings. The first-order valence-corrected chi connectivity index (χ1v) is 8.38. The number of halogens is 1. The van der Waals surface area contributed by atoms with Crippen LogP contribution >= 0.6 is 23.4 Å². The molecule has 2 heterocycles. The summed E-state index contributed by atoms with van der Waals surface area (Å²) < 4.78 is 0. The molecule has 0 bridgehead atoms. The standard InChI is InChI=1S/C16H17ClN2OS/c1-11-4-2-3-9-19(11)16-18-15(20)14(21-16)10-12-5-7-13(17)8-6-12/h5-8,10-11H,2-4,9H2,1H3/b14-10+/t11-/m0/s1. The number of likely N-dealkylation sites (tertiary alicyclic amines) is 1. The molecule has 0 spiro atoms. The van der Waals surface area contributed by atoms with Gasteiger partial charge in [-0.15, -0.1) is 0 Å². The molecule has 0 aliphatic carbocycles. The Morgan fingerprint density at radius 3 is 2.81 bits per heavy atom. The third-order valence-corrected chi connectivity index (χ3v) is 5.10. The number of benzene rings is 1. The fraction of sp³-hybridized carbons (Fsp3) is 0.375. The second-order valence-corrected chi connectivity index (χ2v) is 6.85. The minimum Gasteiger partial charge on any atom is -0.348 e. The van der Waals surface area contributed by atoms with Crippen LogP contribution in [0.1, 0.15) is 31.7 Å². The lowest BCUT2D eigenvalue weighted by Crippen LogP contribution is -2.40. The molecule has 0 saturated carbocycles. The number of amides is 1. The van der Waals surface area contributed by atoms with Gasteiger partial charge in [0.15, 0.2) is 5.17 Å². The lowest BCUT2D eigenvalue weighted by Gasteiger charge is -2.34. The van der Waals surface area contributed by atoms with Gasteiger partial charge in [0.2, 0.25) is 0 Å². The van der Waals surface area contributed by atoms with Crippen LogP contribution in [0.25, 0.3) is 6.08 Å². The van der Waals surface area contributed by atoms with E-state index in [9.17, 15) is 4.79 Å². The van der Waals surface area contributed by atoms with Crippen LogP contribution in [0.3, 0.4) is 0 Å². The summed E-state index contributed by atoms with van der Waals surface area (Å²) in [5.74, 6) is -0.136. The van der Waals surface area contributed by atoms with Gasteiger partial charge < -0.3 is 4.90 Å². The van der Waals surface area contributed by atoms with E-state index in [0.29, 0.717) is 16.0 Å². The molecule has 0 unspecified atom stereocenters. The topological polar surface area (TPSA) is 32.7 Å². The minimum atomic E-state index is -0.136. The Labute approximate surface area is 134 Å². The Morgan fingerprint density at radius 1 is 1.33 bits per heavy atom. The van der Waals surface area contributed by atoms with E-state index >= 15 is 0 Å². The minimum absolute atomic E-state index is 0.136. The SMILES string of the molecule is C[C@H]1CCCCN1C1=NC(=O)/C(=C\c2ccc(Cl)cc2)S1. The van der Waals surface area contributed by atoms with Crippen molar-refractivity contribution < 1.29 is 4.79 Å². The average molecular weight is 321 g/mol. The summed E-state index contributed by atoms with van der Waals surface area (Å²) in [7, 11) is 0. The van der Waals surface area contributed by atoms with Crippen LogP contribution in [0.2, 0.25) is 5.02 Å². The normalized spacial score (nSPS) is 24.6. The van der Waals surface area contributed by atoms with Crippen molar-refractivity contribution in [3.63, 3.8) is 0 Å². The van der Waals surface area contributed by atoms with Gasteiger partial charge in [-0.1, -0.05) is 23.7 Å². The maximum Gasteiger partial charge on any atom is 0.286 e. The van der Waals surface area contributed by atoms with Crippen LogP contribution in [0.4, 0.5) is 0 Å². The quantitative estimate of drug-likeness (QED) is 0.727. The van der Waals surface area contributed by atoms with E-state index in [1.54, 1.807) is 0 Å². The smallest absolute Gasteiger partial charge is 0.286 e. The van der Waals surface area contributed by atoms with Gasteiger partial charge in [-0.25, -0.2) is 0 Å². The summed E-state index contributed by atoms with van der Waals surface area (Å²) >= 11 is 7.36. The van der Waals surface area contributed by atoms with E-state index in [1.807, 2.05) is 30.3 Å². The molecule has 2 aliphatic rings. The van der Waals surface area contributed by atoms with E-state index < -0.39 is 0 Å². The van der Waals surface area contributed by atoms with Gasteiger partial charge in [0, 0.05) is 17.6 Å². The van der Waals surface area contributed by atoms with Crippen molar-refractivity contribution in [3.05, 3.63) is 39.8 Å². The van der Waals surface area contributed by atoms with Crippen molar-refractivity contribution in [2.75, 3.05) is 6.54 Å². The lowest BCUT2D eigenvalue weighted by molar-refractivity contribution is -0.113. The highest BCUT2D eigenvalue weighted by molar-refractivity contribution is 8.18. The van der Waals surface area contributed by atoms with Gasteiger partial charge in [-0.2, -0.15) is 4.99 Å². The van der Waals surface area contributed by atoms with E-state index in [0.717, 1.165) is 17.3 Å². The Balaban J connectivity index is 1.76. The molecule has 1 saturated heterocycles. The first kappa shape index (κ1) is 14.7. The van der Waals surface area contributed by atoms with Crippen molar-refractivity contribution in [1.82, 2.24) is 4.90 Å². The monoisotopic (exact) mass is 320 g/mol. The summed E-state index contributed by atoms with van der Waals surface area (Å²) in [6.45, 7) is 3.20. The fourth-order valence-corrected chi connectivity index (χ4v) is 3.78. The summed E-state index contributed by atoms with van der Waals surface area (Å²) in [5, 5.41) is 1.55. The van der Waals surface area contributed by atoms with Crippen molar-refractivity contribution in [3.8, 4) is 0 Å². The molecule has 21 heavy (non-hydrogen) atoms. The molecule has 0 aromatic heterocycles. The first-order chi connectivity index (χ1) is 10.1. The van der Waals surface area contributed by atoms with Gasteiger partial charge in [-0.3, -0.25) is 4.79 Å². The van der Waals surface area contributed by atoms with Crippen molar-refractivity contribution >= 4 is 40.5 Å². The highest BCUT2D eigenvalue weighted by Crippen LogP contribution is 2.33. The number of carbonyl (C=O) groups excluding carboxylic acids is 1. The molecule has 1 aromatic carbocycles. The summed E-state index contributed by atoms with van der Waals surface area (Å²) in [4.78, 5) is 19.2. The summed E-state index contributed by atoms with van der Waals surface area (Å²) in [6.07, 6.45) is 5.49. The molecular weight excluding hydrogens is 304 g/mol. The molecule has 2 aliphatic heterocycles. The van der Waals surface area contributed by atoms with Gasteiger partial charge >= 0.3 is 0 Å². The maximum absolute atomic E-state index is 12.1. The van der Waals surface area contributed by atoms with Crippen molar-refractivity contribution in [2.45, 2.75) is 32.2 Å². The number of hydrogen-bond acceptors (Lipinski definition) is 3. The number of aliphatic imine (C=N–C) groups is 1. The Kier molecular flexibility index (Phi) is 4.36. The number of piperidine rings is 1. The van der Waals surface area contributed by atoms with E-state index in [-0.39, 0.29) is 5.91 Å². The first-order valence-electron chi connectivity index (χ1n) is 7.18. The zero-order valence-corrected chi connectivity index (χ0v) is 13.5. The van der Waals surface area contributed by atoms with Crippen molar-refractivity contribution in [2.24, 2.45) is 4.99 Å². The largest absolute Gasteiger partial charge is 0.348 e. The van der Waals surface area contributed by atoms with Crippen LogP contribution in [-0.2, 0) is 4.79 Å². The number of amidine groups is 1. The molecule has 1 atom stereocenters. The van der Waals surface area contributed by atoms with Gasteiger partial charge in [0.25, 0.3) is 5.91 Å². The van der Waals surface area contributed by atoms with Crippen LogP contribution in [-0.4, -0.2) is 28.6 Å². The Hall–Kier alpha value is -1.26. The molecular formula is C16H17ClN2OS. The molecule has 110 valence electrons. The summed E-state index contributed by atoms with van der Waals surface area (Å²) in [5.41, 5.74) is 0.971. The lowest BCUT2D eigenvalue weighted by atomic mass is 10.1. The van der Waals surface area contributed by atoms with Crippen LogP contribution in [0.5, 0.6) is 0 Å². The predicted molar refractivity (Wildman–Crippen MR) is 89.5 cm³/mol. The van der Waals surface area contributed by atoms with Crippen LogP contribution in [0, 0.1) is 0 Å². The highest BCUT2D eigenvalue weighted by atomic mass is 35.5. The van der Waals surface area contributed by atoms with Crippen LogP contribution in [0.15, 0.2) is 34.2 Å². The number of thioether (sulfide) groups is 1. The van der Waals surface area contributed by atoms with Gasteiger partial charge in [-0.05, 0) is 61.7 Å². The number of hydrogen-bond donors (Lipinski definition) is 0. The number of carbonyl (C=O) groups is 1. The third-order valence-electron chi connectivity index (χ3n) is 3.83. The maximum atomic E-state index is 12.1. The molecule has 1 aromatic rings. The van der Waals surface area contributed by atoms with E-state index in [1.165, 1.54) is 31.0 Å². The Bertz CT molecular complexity index is 609. The number of rotatable bonds is 1. The molecule has 1 amide bonds.